The van der Waals surface area contributed by atoms with E-state index in [-0.39, 0.29) is 155 Å². The van der Waals surface area contributed by atoms with Crippen LogP contribution in [0.25, 0.3) is 22.3 Å². The maximum Gasteiger partial charge on any atom is 1.00 e. The van der Waals surface area contributed by atoms with Gasteiger partial charge in [-0.3, -0.25) is 27.4 Å². The number of nitrogen functional groups attached to an aromatic ring is 1. The largest absolute Gasteiger partial charge is 1.00 e. The van der Waals surface area contributed by atoms with Crippen molar-refractivity contribution < 1.29 is 154 Å². The van der Waals surface area contributed by atoms with E-state index in [0.29, 0.717) is 30.9 Å². The van der Waals surface area contributed by atoms with Gasteiger partial charge < -0.3 is 11.1 Å². The Kier molecular flexibility index (Phi) is 20.2. The summed E-state index contributed by atoms with van der Waals surface area (Å²) in [5, 5.41) is 8.06. The van der Waals surface area contributed by atoms with Gasteiger partial charge in [-0.1, -0.05) is 30.3 Å². The molecule has 2 heterocycles. The van der Waals surface area contributed by atoms with Gasteiger partial charge >= 0.3 is 51.4 Å². The number of aryl methyl sites for hydroxylation is 1. The van der Waals surface area contributed by atoms with Gasteiger partial charge in [-0.2, -0.15) is 9.65 Å². The molecule has 0 aliphatic rings. The normalized spacial score (nSPS) is 9.32. The van der Waals surface area contributed by atoms with Crippen LogP contribution in [0, 0.1) is 4.55 Å². The van der Waals surface area contributed by atoms with Gasteiger partial charge in [-0.15, -0.1) is 0 Å². The van der Waals surface area contributed by atoms with Crippen LogP contribution in [-0.2, 0) is 109 Å². The zero-order chi connectivity index (χ0) is 16.9. The van der Waals surface area contributed by atoms with Gasteiger partial charge in [0.1, 0.15) is 17.8 Å². The third-order valence-electron chi connectivity index (χ3n) is 3.60. The first-order valence-electron chi connectivity index (χ1n) is 7.44. The van der Waals surface area contributed by atoms with Crippen molar-refractivity contribution in [3.63, 3.8) is 0 Å². The quantitative estimate of drug-likeness (QED) is 0.154. The van der Waals surface area contributed by atoms with Crippen LogP contribution in [0.1, 0.15) is 12.8 Å². The van der Waals surface area contributed by atoms with Crippen molar-refractivity contribution in [2.24, 2.45) is 0 Å². The molecule has 3 aromatic rings. The number of halogens is 1. The number of amides is 1. The molecule has 2 aromatic heterocycles. The third kappa shape index (κ3) is 8.93. The van der Waals surface area contributed by atoms with Crippen LogP contribution >= 0.6 is 22.6 Å². The van der Waals surface area contributed by atoms with Crippen LogP contribution in [0.5, 0.6) is 0 Å². The molecule has 7 nitrogen and oxygen atoms in total. The summed E-state index contributed by atoms with van der Waals surface area (Å²) >= 11 is 1.99. The number of fused-ring (bicyclic) bond motifs is 1. The average Bonchev–Trinajstić information content (AvgIpc) is 2.96. The van der Waals surface area contributed by atoms with Gasteiger partial charge in [0.05, 0.1) is 5.39 Å². The van der Waals surface area contributed by atoms with Gasteiger partial charge in [0.25, 0.3) is 0 Å². The predicted octanol–water partition coefficient (Wildman–Crippen LogP) is -0.477. The first-order chi connectivity index (χ1) is 11.7. The Labute approximate surface area is 295 Å². The number of benzene rings is 1. The van der Waals surface area contributed by atoms with Crippen molar-refractivity contribution in [3.05, 3.63) is 41.2 Å². The smallest absolute Gasteiger partial charge is 0.496 e. The predicted molar refractivity (Wildman–Crippen MR) is 101 cm³/mol. The van der Waals surface area contributed by atoms with Crippen molar-refractivity contribution in [2.75, 3.05) is 5.73 Å². The molecule has 0 bridgehead atoms. The minimum absolute atomic E-state index is 0. The summed E-state index contributed by atoms with van der Waals surface area (Å²) in [4.78, 5) is 20.0. The minimum Gasteiger partial charge on any atom is -0.496 e. The second-order valence-electron chi connectivity index (χ2n) is 5.18. The Morgan fingerprint density at radius 3 is 2.50 bits per heavy atom. The maximum atomic E-state index is 11.6. The van der Waals surface area contributed by atoms with Crippen molar-refractivity contribution in [1.82, 2.24) is 25.1 Å². The molecular formula is C16H16IKN6OY3. The van der Waals surface area contributed by atoms with E-state index in [9.17, 15) is 4.79 Å². The summed E-state index contributed by atoms with van der Waals surface area (Å²) in [5.41, 5.74) is 8.45. The van der Waals surface area contributed by atoms with E-state index in [0.717, 1.165) is 16.6 Å². The number of carbonyl (C=O) groups excluding carboxylic acids is 1. The minimum atomic E-state index is -0.0155. The zero-order valence-electron chi connectivity index (χ0n) is 15.5. The summed E-state index contributed by atoms with van der Waals surface area (Å²) < 4.78 is 3.39. The zero-order valence-corrected chi connectivity index (χ0v) is 29.3. The van der Waals surface area contributed by atoms with Crippen LogP contribution < -0.4 is 62.4 Å². The Hall–Kier alpha value is 2.72. The van der Waals surface area contributed by atoms with Crippen LogP contribution in [0.4, 0.5) is 5.82 Å². The van der Waals surface area contributed by atoms with E-state index in [2.05, 4.69) is 20.4 Å². The van der Waals surface area contributed by atoms with Crippen LogP contribution in [0.3, 0.4) is 0 Å². The summed E-state index contributed by atoms with van der Waals surface area (Å²) in [7, 11) is 0. The van der Waals surface area contributed by atoms with Crippen molar-refractivity contribution in [3.8, 4) is 11.3 Å². The molecule has 0 aliphatic carbocycles. The van der Waals surface area contributed by atoms with E-state index in [1.807, 2.05) is 52.9 Å². The molecule has 0 unspecified atom stereocenters. The number of anilines is 1. The number of hydrogen-bond acceptors (Lipinski definition) is 5. The molecule has 0 spiro atoms. The number of hydrogen-bond donors (Lipinski definition) is 2. The average molecular weight is 741 g/mol. The second kappa shape index (κ2) is 17.2. The number of rotatable bonds is 6. The molecule has 0 saturated carbocycles. The molecule has 3 radical (unpaired) electrons. The Morgan fingerprint density at radius 2 is 1.86 bits per heavy atom. The fraction of sp³-hybridized carbons (Fsp3) is 0.188. The van der Waals surface area contributed by atoms with E-state index in [4.69, 9.17) is 5.73 Å². The van der Waals surface area contributed by atoms with Gasteiger partial charge in [0.15, 0.2) is 11.6 Å². The van der Waals surface area contributed by atoms with Crippen molar-refractivity contribution in [2.45, 2.75) is 19.4 Å². The van der Waals surface area contributed by atoms with Crippen LogP contribution in [0.2, 0.25) is 0 Å². The Morgan fingerprint density at radius 1 is 1.18 bits per heavy atom. The van der Waals surface area contributed by atoms with Gasteiger partial charge in [-0.25, -0.2) is 14.6 Å². The van der Waals surface area contributed by atoms with E-state index in [1.165, 1.54) is 6.33 Å². The summed E-state index contributed by atoms with van der Waals surface area (Å²) in [6, 6.07) is 9.80. The molecule has 0 aliphatic heterocycles. The molecule has 12 heteroatoms. The summed E-state index contributed by atoms with van der Waals surface area (Å²) in [5.74, 6) is 0.389. The molecule has 0 saturated heterocycles. The first kappa shape index (κ1) is 32.9. The van der Waals surface area contributed by atoms with Crippen LogP contribution in [-0.4, -0.2) is 25.7 Å². The molecule has 1 aromatic carbocycles. The molecule has 28 heavy (non-hydrogen) atoms. The molecular weight excluding hydrogens is 725 g/mol. The molecule has 3 N–H and O–H groups in total. The number of nitrogens with one attached hydrogen (secondary N) is 1. The van der Waals surface area contributed by atoms with Gasteiger partial charge in [-0.05, 0) is 6.42 Å². The van der Waals surface area contributed by atoms with Crippen molar-refractivity contribution >= 4 is 45.3 Å². The van der Waals surface area contributed by atoms with Crippen molar-refractivity contribution in [1.29, 1.82) is 0 Å². The number of aromatic nitrogens is 4. The summed E-state index contributed by atoms with van der Waals surface area (Å²) in [6.07, 6.45) is 2.51. The first-order valence-corrected chi connectivity index (χ1v) is 8.69. The van der Waals surface area contributed by atoms with E-state index < -0.39 is 0 Å². The van der Waals surface area contributed by atoms with Gasteiger partial charge in [0, 0.05) is 117 Å². The molecule has 0 fully saturated rings. The summed E-state index contributed by atoms with van der Waals surface area (Å²) in [6.45, 7) is 0.578. The molecule has 0 atom stereocenters. The topological polar surface area (TPSA) is 98.7 Å². The fourth-order valence-corrected chi connectivity index (χ4v) is 2.85. The number of nitrogens with two attached hydrogens (primary N) is 1. The number of carbonyl (C=O) groups is 1. The van der Waals surface area contributed by atoms with Gasteiger partial charge in [0.2, 0.25) is 0 Å². The monoisotopic (exact) mass is 741 g/mol. The van der Waals surface area contributed by atoms with Crippen LogP contribution in [0.15, 0.2) is 36.7 Å². The molecule has 3 rings (SSSR count). The second-order valence-corrected chi connectivity index (χ2v) is 5.80. The van der Waals surface area contributed by atoms with E-state index in [1.54, 1.807) is 9.23 Å². The fourth-order valence-electron chi connectivity index (χ4n) is 2.51. The van der Waals surface area contributed by atoms with E-state index >= 15 is 0 Å². The maximum absolute atomic E-state index is 11.6. The number of nitrogens with zero attached hydrogens (tertiary/aromatic N) is 4. The standard InChI is InChI=1S/C16H16IN6O.K.3Y/c17-9-19-12(24)7-4-8-23-16-13(15(18)20-10-21-16)14(22-23)11-5-2-1-3-6-11;;;;/h1-3,5-6,9-10H,4,7-8H2,(H,19,24)(H2,18,20,21);;;;/q-1;+1;;;. The Balaban J connectivity index is 0. The molecule has 1 amide bonds. The molecule has 133 valence electrons. The SMILES string of the molecule is Nc1ncnc2c1c(-c1ccccc1)nn2CCCC(=O)N[CH-]I.[K+].[Y].[Y].[Y]. The Bertz CT molecular complexity index is 868. The third-order valence-corrected chi connectivity index (χ3v) is 3.91.